The van der Waals surface area contributed by atoms with Crippen molar-refractivity contribution in [2.75, 3.05) is 12.0 Å². The molecule has 3 aromatic carbocycles. The summed E-state index contributed by atoms with van der Waals surface area (Å²) in [5.41, 5.74) is 3.92. The molecule has 0 unspecified atom stereocenters. The van der Waals surface area contributed by atoms with E-state index in [0.717, 1.165) is 33.3 Å². The molecule has 0 aromatic heterocycles. The molecule has 1 N–H and O–H groups in total. The summed E-state index contributed by atoms with van der Waals surface area (Å²) in [6.45, 7) is 2.33. The third-order valence-corrected chi connectivity index (χ3v) is 6.52. The van der Waals surface area contributed by atoms with Gasteiger partial charge in [-0.1, -0.05) is 42.8 Å². The number of benzene rings is 3. The van der Waals surface area contributed by atoms with Crippen molar-refractivity contribution in [2.24, 2.45) is 0 Å². The molecular weight excluding hydrogens is 536 g/mol. The molecule has 0 aliphatic carbocycles. The molecule has 0 radical (unpaired) electrons. The Kier molecular flexibility index (Phi) is 7.56. The van der Waals surface area contributed by atoms with Crippen LogP contribution in [0.4, 0.5) is 5.69 Å². The maximum Gasteiger partial charge on any atom is 0.281 e. The van der Waals surface area contributed by atoms with Crippen LogP contribution in [0.2, 0.25) is 5.02 Å². The van der Waals surface area contributed by atoms with Crippen molar-refractivity contribution < 1.29 is 14.3 Å². The first-order valence-corrected chi connectivity index (χ1v) is 12.2. The minimum Gasteiger partial charge on any atom is -0.496 e. The van der Waals surface area contributed by atoms with E-state index in [0.29, 0.717) is 27.3 Å². The van der Waals surface area contributed by atoms with E-state index in [1.54, 1.807) is 36.3 Å². The van der Waals surface area contributed by atoms with Crippen molar-refractivity contribution in [1.82, 2.24) is 5.32 Å². The summed E-state index contributed by atoms with van der Waals surface area (Å²) in [7, 11) is 1.61. The first-order valence-electron chi connectivity index (χ1n) is 10.6. The van der Waals surface area contributed by atoms with Crippen LogP contribution < -0.4 is 19.7 Å². The zero-order valence-electron chi connectivity index (χ0n) is 18.6. The second-order valence-electron chi connectivity index (χ2n) is 7.55. The zero-order valence-corrected chi connectivity index (χ0v) is 21.8. The van der Waals surface area contributed by atoms with Crippen molar-refractivity contribution in [3.63, 3.8) is 0 Å². The highest BCUT2D eigenvalue weighted by Crippen LogP contribution is 2.31. The lowest BCUT2D eigenvalue weighted by molar-refractivity contribution is -0.113. The van der Waals surface area contributed by atoms with Gasteiger partial charge in [0, 0.05) is 10.6 Å². The minimum atomic E-state index is -0.190. The van der Waals surface area contributed by atoms with Gasteiger partial charge in [-0.3, -0.25) is 9.69 Å². The number of amides is 1. The van der Waals surface area contributed by atoms with Crippen molar-refractivity contribution in [1.29, 1.82) is 0 Å². The molecule has 1 fully saturated rings. The van der Waals surface area contributed by atoms with Gasteiger partial charge >= 0.3 is 0 Å². The molecular formula is C26H22BrClN2O3S. The minimum absolute atomic E-state index is 0.190. The summed E-state index contributed by atoms with van der Waals surface area (Å²) in [6, 6.07) is 18.8. The molecule has 1 amide bonds. The van der Waals surface area contributed by atoms with Gasteiger partial charge in [0.1, 0.15) is 23.8 Å². The fourth-order valence-corrected chi connectivity index (χ4v) is 4.79. The summed E-state index contributed by atoms with van der Waals surface area (Å²) in [5.74, 6) is 1.16. The Hall–Kier alpha value is -2.87. The Bertz CT molecular complexity index is 1290. The standard InChI is InChI=1S/C26H22BrClN2O3S/c1-3-17-6-4-5-7-22(17)30-25(31)21(29-26(30)34)13-16-8-10-23(32-2)18(12-16)15-33-24-11-9-19(28)14-20(24)27/h4-14H,3,15H2,1-2H3,(H,29,34)/b21-13+. The second kappa shape index (κ2) is 10.6. The molecule has 34 heavy (non-hydrogen) atoms. The molecule has 0 atom stereocenters. The summed E-state index contributed by atoms with van der Waals surface area (Å²) in [5, 5.41) is 4.04. The molecule has 1 aliphatic rings. The fourth-order valence-electron chi connectivity index (χ4n) is 3.70. The van der Waals surface area contributed by atoms with Gasteiger partial charge in [-0.15, -0.1) is 0 Å². The fraction of sp³-hybridized carbons (Fsp3) is 0.154. The number of nitrogens with zero attached hydrogens (tertiary/aromatic N) is 1. The van der Waals surface area contributed by atoms with Crippen LogP contribution in [0, 0.1) is 0 Å². The van der Waals surface area contributed by atoms with Crippen LogP contribution in [0.1, 0.15) is 23.6 Å². The quantitative estimate of drug-likeness (QED) is 0.265. The number of ether oxygens (including phenoxy) is 2. The molecule has 5 nitrogen and oxygen atoms in total. The monoisotopic (exact) mass is 556 g/mol. The van der Waals surface area contributed by atoms with E-state index in [1.807, 2.05) is 42.5 Å². The summed E-state index contributed by atoms with van der Waals surface area (Å²) in [4.78, 5) is 14.8. The molecule has 8 heteroatoms. The Labute approximate surface area is 217 Å². The first-order chi connectivity index (χ1) is 16.4. The van der Waals surface area contributed by atoms with E-state index < -0.39 is 0 Å². The third-order valence-electron chi connectivity index (χ3n) is 5.38. The number of para-hydroxylation sites is 1. The highest BCUT2D eigenvalue weighted by Gasteiger charge is 2.33. The number of anilines is 1. The highest BCUT2D eigenvalue weighted by atomic mass is 79.9. The number of halogens is 2. The van der Waals surface area contributed by atoms with Gasteiger partial charge in [-0.05, 0) is 88.2 Å². The van der Waals surface area contributed by atoms with Gasteiger partial charge < -0.3 is 14.8 Å². The van der Waals surface area contributed by atoms with E-state index in [2.05, 4.69) is 28.2 Å². The molecule has 0 spiro atoms. The average molecular weight is 558 g/mol. The highest BCUT2D eigenvalue weighted by molar-refractivity contribution is 9.10. The van der Waals surface area contributed by atoms with Gasteiger partial charge in [0.25, 0.3) is 5.91 Å². The van der Waals surface area contributed by atoms with Crippen molar-refractivity contribution in [2.45, 2.75) is 20.0 Å². The SMILES string of the molecule is CCc1ccccc1N1C(=O)/C(=C\c2ccc(OC)c(COc3ccc(Cl)cc3Br)c2)NC1=S. The number of methoxy groups -OCH3 is 1. The molecule has 1 heterocycles. The van der Waals surface area contributed by atoms with Gasteiger partial charge in [0.15, 0.2) is 5.11 Å². The van der Waals surface area contributed by atoms with Crippen LogP contribution in [0.15, 0.2) is 70.8 Å². The van der Waals surface area contributed by atoms with Crippen LogP contribution in [-0.4, -0.2) is 18.1 Å². The number of hydrogen-bond acceptors (Lipinski definition) is 4. The topological polar surface area (TPSA) is 50.8 Å². The average Bonchev–Trinajstić information content (AvgIpc) is 3.11. The van der Waals surface area contributed by atoms with E-state index in [-0.39, 0.29) is 12.5 Å². The Balaban J connectivity index is 1.59. The third kappa shape index (κ3) is 5.12. The largest absolute Gasteiger partial charge is 0.496 e. The van der Waals surface area contributed by atoms with E-state index in [1.165, 1.54) is 0 Å². The number of aryl methyl sites for hydroxylation is 1. The van der Waals surface area contributed by atoms with Crippen LogP contribution >= 0.6 is 39.7 Å². The van der Waals surface area contributed by atoms with Crippen molar-refractivity contribution in [3.05, 3.63) is 92.5 Å². The summed E-state index contributed by atoms with van der Waals surface area (Å²) < 4.78 is 12.2. The van der Waals surface area contributed by atoms with Crippen LogP contribution in [-0.2, 0) is 17.8 Å². The maximum atomic E-state index is 13.2. The number of hydrogen-bond donors (Lipinski definition) is 1. The summed E-state index contributed by atoms with van der Waals surface area (Å²) >= 11 is 15.0. The lowest BCUT2D eigenvalue weighted by Gasteiger charge is -2.17. The molecule has 3 aromatic rings. The van der Waals surface area contributed by atoms with Gasteiger partial charge in [-0.2, -0.15) is 0 Å². The van der Waals surface area contributed by atoms with Gasteiger partial charge in [0.05, 0.1) is 17.3 Å². The van der Waals surface area contributed by atoms with E-state index in [4.69, 9.17) is 33.3 Å². The second-order valence-corrected chi connectivity index (χ2v) is 9.22. The smallest absolute Gasteiger partial charge is 0.281 e. The van der Waals surface area contributed by atoms with Crippen LogP contribution in [0.5, 0.6) is 11.5 Å². The van der Waals surface area contributed by atoms with Crippen LogP contribution in [0.3, 0.4) is 0 Å². The summed E-state index contributed by atoms with van der Waals surface area (Å²) in [6.07, 6.45) is 2.58. The van der Waals surface area contributed by atoms with Gasteiger partial charge in [-0.25, -0.2) is 0 Å². The predicted octanol–water partition coefficient (Wildman–Crippen LogP) is 6.51. The molecule has 174 valence electrons. The lowest BCUT2D eigenvalue weighted by Crippen LogP contribution is -2.31. The molecule has 1 aliphatic heterocycles. The molecule has 1 saturated heterocycles. The Morgan fingerprint density at radius 2 is 1.85 bits per heavy atom. The number of rotatable bonds is 7. The lowest BCUT2D eigenvalue weighted by atomic mass is 10.1. The van der Waals surface area contributed by atoms with Gasteiger partial charge in [0.2, 0.25) is 0 Å². The Morgan fingerprint density at radius 3 is 2.59 bits per heavy atom. The number of carbonyl (C=O) groups is 1. The number of nitrogens with one attached hydrogen (secondary N) is 1. The molecule has 0 bridgehead atoms. The zero-order chi connectivity index (χ0) is 24.2. The van der Waals surface area contributed by atoms with Crippen LogP contribution in [0.25, 0.3) is 6.08 Å². The molecule has 0 saturated carbocycles. The van der Waals surface area contributed by atoms with E-state index in [9.17, 15) is 4.79 Å². The normalized spacial score (nSPS) is 14.5. The van der Waals surface area contributed by atoms with Crippen molar-refractivity contribution >= 4 is 62.5 Å². The first kappa shape index (κ1) is 24.3. The molecule has 4 rings (SSSR count). The number of carbonyl (C=O) groups excluding carboxylic acids is 1. The van der Waals surface area contributed by atoms with Crippen molar-refractivity contribution in [3.8, 4) is 11.5 Å². The predicted molar refractivity (Wildman–Crippen MR) is 143 cm³/mol. The van der Waals surface area contributed by atoms with E-state index >= 15 is 0 Å². The maximum absolute atomic E-state index is 13.2. The Morgan fingerprint density at radius 1 is 1.09 bits per heavy atom. The number of thiocarbonyl (C=S) groups is 1.